The smallest absolute Gasteiger partial charge is 0.238 e. The van der Waals surface area contributed by atoms with Gasteiger partial charge in [-0.3, -0.25) is 14.5 Å². The summed E-state index contributed by atoms with van der Waals surface area (Å²) in [6.07, 6.45) is 0. The molecule has 0 radical (unpaired) electrons. The summed E-state index contributed by atoms with van der Waals surface area (Å²) in [4.78, 5) is 27.3. The van der Waals surface area contributed by atoms with Crippen LogP contribution in [0.4, 0.5) is 10.1 Å². The lowest BCUT2D eigenvalue weighted by atomic mass is 10.3. The number of morpholine rings is 1. The van der Waals surface area contributed by atoms with Gasteiger partial charge in [-0.05, 0) is 25.2 Å². The number of halogens is 2. The van der Waals surface area contributed by atoms with E-state index in [-0.39, 0.29) is 29.7 Å². The lowest BCUT2D eigenvalue weighted by Crippen LogP contribution is -2.46. The zero-order valence-corrected chi connectivity index (χ0v) is 13.6. The molecule has 6 nitrogen and oxygen atoms in total. The van der Waals surface area contributed by atoms with Crippen molar-refractivity contribution >= 4 is 29.1 Å². The number of nitrogens with one attached hydrogen (secondary N) is 1. The van der Waals surface area contributed by atoms with E-state index in [9.17, 15) is 14.0 Å². The summed E-state index contributed by atoms with van der Waals surface area (Å²) >= 11 is 5.66. The number of carbonyl (C=O) groups excluding carboxylic acids is 2. The number of ether oxygens (including phenoxy) is 1. The van der Waals surface area contributed by atoms with Gasteiger partial charge in [-0.1, -0.05) is 11.6 Å². The van der Waals surface area contributed by atoms with Crippen molar-refractivity contribution in [2.75, 3.05) is 51.8 Å². The Morgan fingerprint density at radius 2 is 2.04 bits per heavy atom. The van der Waals surface area contributed by atoms with Crippen molar-refractivity contribution in [3.63, 3.8) is 0 Å². The third-order valence-electron chi connectivity index (χ3n) is 3.39. The summed E-state index contributed by atoms with van der Waals surface area (Å²) in [6.45, 7) is 2.30. The molecule has 1 heterocycles. The summed E-state index contributed by atoms with van der Waals surface area (Å²) in [5.74, 6) is -1.05. The number of rotatable bonds is 5. The van der Waals surface area contributed by atoms with Crippen molar-refractivity contribution in [1.82, 2.24) is 9.80 Å². The van der Waals surface area contributed by atoms with E-state index in [0.717, 1.165) is 6.07 Å². The summed E-state index contributed by atoms with van der Waals surface area (Å²) in [5.41, 5.74) is 0.0623. The number of amides is 2. The highest BCUT2D eigenvalue weighted by Crippen LogP contribution is 2.18. The fourth-order valence-corrected chi connectivity index (χ4v) is 2.38. The molecule has 0 bridgehead atoms. The first-order valence-corrected chi connectivity index (χ1v) is 7.62. The van der Waals surface area contributed by atoms with Crippen LogP contribution in [0, 0.1) is 5.82 Å². The second-order valence-corrected chi connectivity index (χ2v) is 5.77. The lowest BCUT2D eigenvalue weighted by molar-refractivity contribution is -0.136. The zero-order valence-electron chi connectivity index (χ0n) is 12.8. The Kier molecular flexibility index (Phi) is 6.32. The maximum Gasteiger partial charge on any atom is 0.238 e. The molecular weight excluding hydrogens is 325 g/mol. The molecule has 0 atom stereocenters. The number of likely N-dealkylation sites (N-methyl/N-ethyl adjacent to an activating group) is 1. The van der Waals surface area contributed by atoms with Crippen molar-refractivity contribution in [2.45, 2.75) is 0 Å². The monoisotopic (exact) mass is 343 g/mol. The van der Waals surface area contributed by atoms with E-state index in [1.807, 2.05) is 0 Å². The quantitative estimate of drug-likeness (QED) is 0.873. The minimum Gasteiger partial charge on any atom is -0.378 e. The molecule has 0 spiro atoms. The van der Waals surface area contributed by atoms with Crippen LogP contribution in [0.25, 0.3) is 0 Å². The predicted octanol–water partition coefficient (Wildman–Crippen LogP) is 1.21. The lowest BCUT2D eigenvalue weighted by Gasteiger charge is -2.28. The molecule has 2 amide bonds. The van der Waals surface area contributed by atoms with Gasteiger partial charge in [0, 0.05) is 18.1 Å². The predicted molar refractivity (Wildman–Crippen MR) is 84.9 cm³/mol. The van der Waals surface area contributed by atoms with Gasteiger partial charge in [0.15, 0.2) is 0 Å². The normalized spacial score (nSPS) is 14.9. The van der Waals surface area contributed by atoms with Crippen molar-refractivity contribution in [3.05, 3.63) is 29.0 Å². The SMILES string of the molecule is CN(CC(=O)Nc1ccc(Cl)cc1F)CC(=O)N1CCOCC1. The van der Waals surface area contributed by atoms with E-state index >= 15 is 0 Å². The van der Waals surface area contributed by atoms with Crippen LogP contribution >= 0.6 is 11.6 Å². The Morgan fingerprint density at radius 3 is 2.70 bits per heavy atom. The van der Waals surface area contributed by atoms with Gasteiger partial charge in [0.2, 0.25) is 11.8 Å². The number of nitrogens with zero attached hydrogens (tertiary/aromatic N) is 2. The molecule has 1 fully saturated rings. The average molecular weight is 344 g/mol. The van der Waals surface area contributed by atoms with Crippen LogP contribution in [0.1, 0.15) is 0 Å². The largest absolute Gasteiger partial charge is 0.378 e. The van der Waals surface area contributed by atoms with Crippen LogP contribution in [0.15, 0.2) is 18.2 Å². The van der Waals surface area contributed by atoms with E-state index in [1.165, 1.54) is 12.1 Å². The molecule has 0 aromatic heterocycles. The topological polar surface area (TPSA) is 61.9 Å². The second-order valence-electron chi connectivity index (χ2n) is 5.34. The molecular formula is C15H19ClFN3O3. The first kappa shape index (κ1) is 17.7. The molecule has 23 heavy (non-hydrogen) atoms. The van der Waals surface area contributed by atoms with Crippen molar-refractivity contribution in [1.29, 1.82) is 0 Å². The molecule has 8 heteroatoms. The Hall–Kier alpha value is -1.70. The molecule has 0 aliphatic carbocycles. The number of anilines is 1. The minimum atomic E-state index is -0.599. The van der Waals surface area contributed by atoms with Gasteiger partial charge in [-0.15, -0.1) is 0 Å². The Balaban J connectivity index is 1.81. The molecule has 1 N–H and O–H groups in total. The standard InChI is InChI=1S/C15H19ClFN3O3/c1-19(10-15(22)20-4-6-23-7-5-20)9-14(21)18-13-3-2-11(16)8-12(13)17/h2-3,8H,4-7,9-10H2,1H3,(H,18,21). The highest BCUT2D eigenvalue weighted by atomic mass is 35.5. The Morgan fingerprint density at radius 1 is 1.35 bits per heavy atom. The molecule has 0 saturated carbocycles. The first-order valence-electron chi connectivity index (χ1n) is 7.24. The van der Waals surface area contributed by atoms with Crippen molar-refractivity contribution < 1.29 is 18.7 Å². The van der Waals surface area contributed by atoms with Crippen LogP contribution in [0.2, 0.25) is 5.02 Å². The number of carbonyl (C=O) groups is 2. The minimum absolute atomic E-state index is 0.0157. The van der Waals surface area contributed by atoms with Crippen LogP contribution < -0.4 is 5.32 Å². The number of benzene rings is 1. The summed E-state index contributed by atoms with van der Waals surface area (Å²) < 4.78 is 18.8. The maximum absolute atomic E-state index is 13.6. The molecule has 126 valence electrons. The van der Waals surface area contributed by atoms with Gasteiger partial charge >= 0.3 is 0 Å². The van der Waals surface area contributed by atoms with Gasteiger partial charge in [-0.25, -0.2) is 4.39 Å². The van der Waals surface area contributed by atoms with Crippen molar-refractivity contribution in [2.24, 2.45) is 0 Å². The Labute approximate surface area is 139 Å². The first-order chi connectivity index (χ1) is 11.0. The summed E-state index contributed by atoms with van der Waals surface area (Å²) in [6, 6.07) is 4.02. The van der Waals surface area contributed by atoms with Crippen LogP contribution in [-0.2, 0) is 14.3 Å². The van der Waals surface area contributed by atoms with E-state index < -0.39 is 11.7 Å². The third-order valence-corrected chi connectivity index (χ3v) is 3.62. The molecule has 1 aliphatic rings. The van der Waals surface area contributed by atoms with Gasteiger partial charge in [0.25, 0.3) is 0 Å². The fourth-order valence-electron chi connectivity index (χ4n) is 2.23. The summed E-state index contributed by atoms with van der Waals surface area (Å²) in [5, 5.41) is 2.72. The van der Waals surface area contributed by atoms with Gasteiger partial charge in [0.1, 0.15) is 5.82 Å². The van der Waals surface area contributed by atoms with Crippen LogP contribution in [0.5, 0.6) is 0 Å². The fraction of sp³-hybridized carbons (Fsp3) is 0.467. The highest BCUT2D eigenvalue weighted by Gasteiger charge is 2.19. The molecule has 1 aliphatic heterocycles. The van der Waals surface area contributed by atoms with E-state index in [0.29, 0.717) is 26.3 Å². The molecule has 1 aromatic carbocycles. The van der Waals surface area contributed by atoms with Gasteiger partial charge in [0.05, 0.1) is 32.0 Å². The number of hydrogen-bond donors (Lipinski definition) is 1. The molecule has 2 rings (SSSR count). The second kappa shape index (κ2) is 8.24. The zero-order chi connectivity index (χ0) is 16.8. The van der Waals surface area contributed by atoms with Gasteiger partial charge in [-0.2, -0.15) is 0 Å². The van der Waals surface area contributed by atoms with E-state index in [2.05, 4.69) is 5.32 Å². The van der Waals surface area contributed by atoms with Crippen LogP contribution in [0.3, 0.4) is 0 Å². The van der Waals surface area contributed by atoms with Gasteiger partial charge < -0.3 is 15.0 Å². The average Bonchev–Trinajstić information content (AvgIpc) is 2.50. The summed E-state index contributed by atoms with van der Waals surface area (Å²) in [7, 11) is 1.66. The molecule has 0 unspecified atom stereocenters. The van der Waals surface area contributed by atoms with E-state index in [4.69, 9.17) is 16.3 Å². The maximum atomic E-state index is 13.6. The number of hydrogen-bond acceptors (Lipinski definition) is 4. The molecule has 1 aromatic rings. The van der Waals surface area contributed by atoms with Crippen LogP contribution in [-0.4, -0.2) is 68.1 Å². The third kappa shape index (κ3) is 5.46. The molecule has 1 saturated heterocycles. The Bertz CT molecular complexity index is 579. The highest BCUT2D eigenvalue weighted by molar-refractivity contribution is 6.30. The van der Waals surface area contributed by atoms with E-state index in [1.54, 1.807) is 16.8 Å². The van der Waals surface area contributed by atoms with Crippen molar-refractivity contribution in [3.8, 4) is 0 Å².